The van der Waals surface area contributed by atoms with Crippen LogP contribution in [0.15, 0.2) is 18.2 Å². The quantitative estimate of drug-likeness (QED) is 0.874. The average molecular weight is 274 g/mol. The van der Waals surface area contributed by atoms with Gasteiger partial charge in [0.1, 0.15) is 5.75 Å². The highest BCUT2D eigenvalue weighted by Gasteiger charge is 2.29. The van der Waals surface area contributed by atoms with Gasteiger partial charge in [0, 0.05) is 12.5 Å². The Morgan fingerprint density at radius 1 is 1.40 bits per heavy atom. The van der Waals surface area contributed by atoms with Crippen LogP contribution in [0.4, 0.5) is 5.69 Å². The fraction of sp³-hybridized carbons (Fsp3) is 0.467. The first kappa shape index (κ1) is 13.0. The van der Waals surface area contributed by atoms with Crippen molar-refractivity contribution in [2.75, 3.05) is 18.5 Å². The van der Waals surface area contributed by atoms with Crippen LogP contribution in [0.5, 0.6) is 5.75 Å². The average Bonchev–Trinajstić information content (AvgIpc) is 3.24. The van der Waals surface area contributed by atoms with Crippen LogP contribution >= 0.6 is 0 Å². The molecule has 1 fully saturated rings. The Kier molecular flexibility index (Phi) is 3.58. The maximum absolute atomic E-state index is 11.5. The molecule has 0 aromatic heterocycles. The number of nitrogens with one attached hydrogen (secondary N) is 2. The summed E-state index contributed by atoms with van der Waals surface area (Å²) in [4.78, 5) is 23.0. The van der Waals surface area contributed by atoms with Gasteiger partial charge in [-0.15, -0.1) is 0 Å². The van der Waals surface area contributed by atoms with Gasteiger partial charge in [-0.3, -0.25) is 9.59 Å². The Balaban J connectivity index is 1.59. The van der Waals surface area contributed by atoms with E-state index in [4.69, 9.17) is 4.74 Å². The zero-order valence-electron chi connectivity index (χ0n) is 11.3. The fourth-order valence-electron chi connectivity index (χ4n) is 2.24. The molecule has 2 aliphatic rings. The molecule has 0 radical (unpaired) electrons. The summed E-state index contributed by atoms with van der Waals surface area (Å²) >= 11 is 0. The molecule has 5 heteroatoms. The summed E-state index contributed by atoms with van der Waals surface area (Å²) in [5.41, 5.74) is 1.80. The third-order valence-electron chi connectivity index (χ3n) is 3.57. The molecular formula is C15H18N2O3. The van der Waals surface area contributed by atoms with Crippen molar-refractivity contribution in [1.29, 1.82) is 0 Å². The summed E-state index contributed by atoms with van der Waals surface area (Å²) in [6.45, 7) is 1.04. The highest BCUT2D eigenvalue weighted by molar-refractivity contribution is 5.93. The van der Waals surface area contributed by atoms with E-state index in [-0.39, 0.29) is 17.7 Å². The van der Waals surface area contributed by atoms with Crippen LogP contribution in [0.2, 0.25) is 0 Å². The molecule has 1 saturated carbocycles. The summed E-state index contributed by atoms with van der Waals surface area (Å²) in [6, 6.07) is 5.76. The molecule has 1 aromatic carbocycles. The number of amides is 2. The number of anilines is 1. The third-order valence-corrected chi connectivity index (χ3v) is 3.57. The van der Waals surface area contributed by atoms with Crippen molar-refractivity contribution < 1.29 is 14.3 Å². The molecule has 3 rings (SSSR count). The van der Waals surface area contributed by atoms with Crippen molar-refractivity contribution in [3.8, 4) is 5.75 Å². The minimum Gasteiger partial charge on any atom is -0.491 e. The summed E-state index contributed by atoms with van der Waals surface area (Å²) in [6.07, 6.45) is 3.17. The number of hydrogen-bond donors (Lipinski definition) is 2. The van der Waals surface area contributed by atoms with E-state index in [0.717, 1.165) is 30.5 Å². The molecule has 20 heavy (non-hydrogen) atoms. The molecule has 5 nitrogen and oxygen atoms in total. The van der Waals surface area contributed by atoms with Gasteiger partial charge in [0.05, 0.1) is 18.7 Å². The molecule has 2 amide bonds. The van der Waals surface area contributed by atoms with E-state index < -0.39 is 0 Å². The van der Waals surface area contributed by atoms with Crippen LogP contribution in [0.25, 0.3) is 0 Å². The lowest BCUT2D eigenvalue weighted by Gasteiger charge is -2.10. The molecule has 0 spiro atoms. The number of rotatable bonds is 4. The molecular weight excluding hydrogens is 256 g/mol. The molecule has 106 valence electrons. The normalized spacial score (nSPS) is 17.5. The van der Waals surface area contributed by atoms with E-state index in [0.29, 0.717) is 25.3 Å². The third kappa shape index (κ3) is 3.10. The smallest absolute Gasteiger partial charge is 0.227 e. The predicted molar refractivity (Wildman–Crippen MR) is 74.6 cm³/mol. The van der Waals surface area contributed by atoms with Gasteiger partial charge < -0.3 is 15.4 Å². The van der Waals surface area contributed by atoms with Gasteiger partial charge in [-0.05, 0) is 37.0 Å². The number of ether oxygens (including phenoxy) is 1. The molecule has 1 aliphatic heterocycles. The Bertz CT molecular complexity index is 538. The second kappa shape index (κ2) is 5.53. The second-order valence-corrected chi connectivity index (χ2v) is 5.29. The summed E-state index contributed by atoms with van der Waals surface area (Å²) in [5, 5.41) is 5.78. The first-order chi connectivity index (χ1) is 9.72. The van der Waals surface area contributed by atoms with Crippen LogP contribution in [0.3, 0.4) is 0 Å². The van der Waals surface area contributed by atoms with Crippen molar-refractivity contribution in [2.45, 2.75) is 25.7 Å². The maximum atomic E-state index is 11.5. The number of carbonyl (C=O) groups is 2. The monoisotopic (exact) mass is 274 g/mol. The molecule has 0 atom stereocenters. The molecule has 0 bridgehead atoms. The first-order valence-corrected chi connectivity index (χ1v) is 7.05. The molecule has 0 saturated heterocycles. The number of hydrogen-bond acceptors (Lipinski definition) is 3. The lowest BCUT2D eigenvalue weighted by molar-refractivity contribution is -0.122. The van der Waals surface area contributed by atoms with E-state index in [1.54, 1.807) is 0 Å². The van der Waals surface area contributed by atoms with Crippen molar-refractivity contribution in [3.05, 3.63) is 23.8 Å². The summed E-state index contributed by atoms with van der Waals surface area (Å²) in [7, 11) is 0. The van der Waals surface area contributed by atoms with E-state index in [1.165, 1.54) is 0 Å². The minimum absolute atomic E-state index is 0.0251. The fourth-order valence-corrected chi connectivity index (χ4v) is 2.24. The Morgan fingerprint density at radius 3 is 3.05 bits per heavy atom. The zero-order chi connectivity index (χ0) is 13.9. The number of carbonyl (C=O) groups excluding carboxylic acids is 2. The number of fused-ring (bicyclic) bond motifs is 1. The highest BCUT2D eigenvalue weighted by Crippen LogP contribution is 2.29. The van der Waals surface area contributed by atoms with Crippen molar-refractivity contribution in [3.63, 3.8) is 0 Å². The van der Waals surface area contributed by atoms with Gasteiger partial charge in [-0.25, -0.2) is 0 Å². The lowest BCUT2D eigenvalue weighted by Crippen LogP contribution is -2.26. The standard InChI is InChI=1S/C15H18N2O3/c18-14-6-8-20-13-4-1-10(9-12(13)17-14)5-7-16-15(19)11-2-3-11/h1,4,9,11H,2-3,5-8H2,(H,16,19)(H,17,18). The van der Waals surface area contributed by atoms with Crippen molar-refractivity contribution in [1.82, 2.24) is 5.32 Å². The second-order valence-electron chi connectivity index (χ2n) is 5.29. The molecule has 0 unspecified atom stereocenters. The van der Waals surface area contributed by atoms with Gasteiger partial charge in [0.25, 0.3) is 0 Å². The highest BCUT2D eigenvalue weighted by atomic mass is 16.5. The van der Waals surface area contributed by atoms with Gasteiger partial charge >= 0.3 is 0 Å². The summed E-state index contributed by atoms with van der Waals surface area (Å²) in [5.74, 6) is 1.09. The lowest BCUT2D eigenvalue weighted by atomic mass is 10.1. The van der Waals surface area contributed by atoms with Gasteiger partial charge in [-0.1, -0.05) is 6.07 Å². The minimum atomic E-state index is -0.0251. The van der Waals surface area contributed by atoms with Gasteiger partial charge in [0.2, 0.25) is 11.8 Å². The van der Waals surface area contributed by atoms with Crippen LogP contribution < -0.4 is 15.4 Å². The van der Waals surface area contributed by atoms with Crippen molar-refractivity contribution >= 4 is 17.5 Å². The first-order valence-electron chi connectivity index (χ1n) is 7.05. The van der Waals surface area contributed by atoms with Crippen LogP contribution in [-0.4, -0.2) is 25.0 Å². The zero-order valence-corrected chi connectivity index (χ0v) is 11.3. The number of benzene rings is 1. The molecule has 1 aliphatic carbocycles. The van der Waals surface area contributed by atoms with Crippen LogP contribution in [0, 0.1) is 5.92 Å². The predicted octanol–water partition coefficient (Wildman–Crippen LogP) is 1.48. The Hall–Kier alpha value is -2.04. The van der Waals surface area contributed by atoms with E-state index in [2.05, 4.69) is 10.6 Å². The Morgan fingerprint density at radius 2 is 2.25 bits per heavy atom. The van der Waals surface area contributed by atoms with Crippen molar-refractivity contribution in [2.24, 2.45) is 5.92 Å². The van der Waals surface area contributed by atoms with E-state index in [9.17, 15) is 9.59 Å². The topological polar surface area (TPSA) is 67.4 Å². The van der Waals surface area contributed by atoms with E-state index in [1.807, 2.05) is 18.2 Å². The largest absolute Gasteiger partial charge is 0.491 e. The van der Waals surface area contributed by atoms with Gasteiger partial charge in [-0.2, -0.15) is 0 Å². The molecule has 1 aromatic rings. The summed E-state index contributed by atoms with van der Waals surface area (Å²) < 4.78 is 5.50. The Labute approximate surface area is 117 Å². The maximum Gasteiger partial charge on any atom is 0.227 e. The molecule has 2 N–H and O–H groups in total. The van der Waals surface area contributed by atoms with E-state index >= 15 is 0 Å². The SMILES string of the molecule is O=C1CCOc2ccc(CCNC(=O)C3CC3)cc2N1. The van der Waals surface area contributed by atoms with Gasteiger partial charge in [0.15, 0.2) is 0 Å². The van der Waals surface area contributed by atoms with Crippen LogP contribution in [-0.2, 0) is 16.0 Å². The molecule has 1 heterocycles. The van der Waals surface area contributed by atoms with Crippen LogP contribution in [0.1, 0.15) is 24.8 Å².